The molecule has 0 saturated carbocycles. The number of fused-ring (bicyclic) bond motifs is 3. The number of benzene rings is 2. The molecule has 1 saturated heterocycles. The van der Waals surface area contributed by atoms with Gasteiger partial charge in [-0.25, -0.2) is 0 Å². The Kier molecular flexibility index (Phi) is 4.94. The number of nitrogens with one attached hydrogen (secondary N) is 2. The number of hydrogen-bond donors (Lipinski definition) is 2. The van der Waals surface area contributed by atoms with Gasteiger partial charge >= 0.3 is 0 Å². The van der Waals surface area contributed by atoms with Crippen molar-refractivity contribution < 1.29 is 14.3 Å². The van der Waals surface area contributed by atoms with E-state index >= 15 is 0 Å². The van der Waals surface area contributed by atoms with E-state index in [1.54, 1.807) is 0 Å². The van der Waals surface area contributed by atoms with Crippen molar-refractivity contribution in [2.24, 2.45) is 0 Å². The summed E-state index contributed by atoms with van der Waals surface area (Å²) in [5.41, 5.74) is 3.06. The van der Waals surface area contributed by atoms with Gasteiger partial charge in [0.1, 0.15) is 11.8 Å². The largest absolute Gasteiger partial charge is 0.484 e. The molecule has 2 unspecified atom stereocenters. The molecule has 6 nitrogen and oxygen atoms in total. The Morgan fingerprint density at radius 3 is 2.71 bits per heavy atom. The molecule has 0 aromatic heterocycles. The second-order valence-corrected chi connectivity index (χ2v) is 7.69. The van der Waals surface area contributed by atoms with Crippen molar-refractivity contribution in [1.82, 2.24) is 5.32 Å². The molecule has 2 aliphatic rings. The van der Waals surface area contributed by atoms with E-state index in [0.717, 1.165) is 11.4 Å². The normalized spacial score (nSPS) is 20.4. The number of hydrogen-bond acceptors (Lipinski definition) is 4. The molecule has 2 N–H and O–H groups in total. The van der Waals surface area contributed by atoms with Gasteiger partial charge in [-0.2, -0.15) is 0 Å². The molecular weight excluding hydrogens is 354 g/mol. The van der Waals surface area contributed by atoms with E-state index in [4.69, 9.17) is 4.74 Å². The molecule has 146 valence electrons. The molecule has 1 fully saturated rings. The third-order valence-corrected chi connectivity index (χ3v) is 5.36. The van der Waals surface area contributed by atoms with Crippen molar-refractivity contribution in [1.29, 1.82) is 0 Å². The van der Waals surface area contributed by atoms with Crippen molar-refractivity contribution in [3.05, 3.63) is 54.1 Å². The molecule has 2 aromatic carbocycles. The molecule has 2 aliphatic heterocycles. The minimum atomic E-state index is -0.246. The van der Waals surface area contributed by atoms with Crippen LogP contribution in [0.15, 0.2) is 48.5 Å². The third-order valence-electron chi connectivity index (χ3n) is 5.36. The molecule has 2 atom stereocenters. The fourth-order valence-corrected chi connectivity index (χ4v) is 3.87. The van der Waals surface area contributed by atoms with E-state index < -0.39 is 0 Å². The number of para-hydroxylation sites is 2. The van der Waals surface area contributed by atoms with Gasteiger partial charge < -0.3 is 20.3 Å². The zero-order chi connectivity index (χ0) is 19.7. The van der Waals surface area contributed by atoms with E-state index in [1.807, 2.05) is 48.5 Å². The molecule has 28 heavy (non-hydrogen) atoms. The van der Waals surface area contributed by atoms with Crippen LogP contribution >= 0.6 is 0 Å². The van der Waals surface area contributed by atoms with Crippen LogP contribution in [0.1, 0.15) is 31.7 Å². The summed E-state index contributed by atoms with van der Waals surface area (Å²) < 4.78 is 5.60. The van der Waals surface area contributed by atoms with Gasteiger partial charge in [0.25, 0.3) is 5.91 Å². The summed E-state index contributed by atoms with van der Waals surface area (Å²) in [5.74, 6) is 0.945. The first-order chi connectivity index (χ1) is 13.5. The standard InChI is InChI=1S/C22H25N3O3/c1-14(2)15-7-9-17(10-8-15)28-13-21(26)23-16-11-20-22(27)24-18-5-3-4-6-19(18)25(20)12-16/h3-10,14,16,20H,11-13H2,1-2H3,(H,23,26)(H,24,27). The van der Waals surface area contributed by atoms with Crippen molar-refractivity contribution in [3.8, 4) is 5.75 Å². The van der Waals surface area contributed by atoms with E-state index in [2.05, 4.69) is 29.4 Å². The number of carbonyl (C=O) groups excluding carboxylic acids is 2. The van der Waals surface area contributed by atoms with E-state index in [-0.39, 0.29) is 30.5 Å². The van der Waals surface area contributed by atoms with Crippen LogP contribution in [-0.4, -0.2) is 37.0 Å². The SMILES string of the molecule is CC(C)c1ccc(OCC(=O)NC2CC3C(=O)Nc4ccccc4N3C2)cc1. The molecule has 4 rings (SSSR count). The predicted molar refractivity (Wildman–Crippen MR) is 109 cm³/mol. The average molecular weight is 379 g/mol. The topological polar surface area (TPSA) is 70.7 Å². The van der Waals surface area contributed by atoms with Crippen LogP contribution < -0.4 is 20.3 Å². The fraction of sp³-hybridized carbons (Fsp3) is 0.364. The molecule has 2 heterocycles. The number of rotatable bonds is 5. The molecular formula is C22H25N3O3. The predicted octanol–water partition coefficient (Wildman–Crippen LogP) is 2.90. The second kappa shape index (κ2) is 7.54. The van der Waals surface area contributed by atoms with Crippen molar-refractivity contribution in [3.63, 3.8) is 0 Å². The van der Waals surface area contributed by atoms with E-state index in [9.17, 15) is 9.59 Å². The second-order valence-electron chi connectivity index (χ2n) is 7.69. The van der Waals surface area contributed by atoms with E-state index in [1.165, 1.54) is 5.56 Å². The van der Waals surface area contributed by atoms with Gasteiger partial charge in [-0.3, -0.25) is 9.59 Å². The summed E-state index contributed by atoms with van der Waals surface area (Å²) in [6.45, 7) is 4.85. The monoisotopic (exact) mass is 379 g/mol. The summed E-state index contributed by atoms with van der Waals surface area (Å²) >= 11 is 0. The van der Waals surface area contributed by atoms with Gasteiger partial charge in [-0.05, 0) is 42.2 Å². The lowest BCUT2D eigenvalue weighted by Crippen LogP contribution is -2.44. The first-order valence-corrected chi connectivity index (χ1v) is 9.70. The van der Waals surface area contributed by atoms with Crippen LogP contribution in [0.25, 0.3) is 0 Å². The van der Waals surface area contributed by atoms with Crippen LogP contribution in [0.4, 0.5) is 11.4 Å². The Balaban J connectivity index is 1.33. The molecule has 0 bridgehead atoms. The quantitative estimate of drug-likeness (QED) is 0.838. The highest BCUT2D eigenvalue weighted by molar-refractivity contribution is 6.04. The number of carbonyl (C=O) groups is 2. The maximum absolute atomic E-state index is 12.4. The zero-order valence-electron chi connectivity index (χ0n) is 16.1. The van der Waals surface area contributed by atoms with Crippen molar-refractivity contribution >= 4 is 23.2 Å². The van der Waals surface area contributed by atoms with Gasteiger partial charge in [-0.1, -0.05) is 38.1 Å². The van der Waals surface area contributed by atoms with Gasteiger partial charge in [-0.15, -0.1) is 0 Å². The highest BCUT2D eigenvalue weighted by Gasteiger charge is 2.41. The molecule has 2 amide bonds. The minimum absolute atomic E-state index is 0.0167. The Morgan fingerprint density at radius 2 is 1.96 bits per heavy atom. The number of ether oxygens (including phenoxy) is 1. The van der Waals surface area contributed by atoms with E-state index in [0.29, 0.717) is 24.6 Å². The Labute approximate surface area is 164 Å². The third kappa shape index (κ3) is 3.67. The highest BCUT2D eigenvalue weighted by atomic mass is 16.5. The highest BCUT2D eigenvalue weighted by Crippen LogP contribution is 2.36. The van der Waals surface area contributed by atoms with Gasteiger partial charge in [0, 0.05) is 12.6 Å². The number of nitrogens with zero attached hydrogens (tertiary/aromatic N) is 1. The lowest BCUT2D eigenvalue weighted by molar-refractivity contribution is -0.124. The summed E-state index contributed by atoms with van der Waals surface area (Å²) in [5, 5.41) is 5.95. The molecule has 0 radical (unpaired) electrons. The lowest BCUT2D eigenvalue weighted by atomic mass is 10.0. The molecule has 2 aromatic rings. The molecule has 0 spiro atoms. The average Bonchev–Trinajstić information content (AvgIpc) is 3.11. The van der Waals surface area contributed by atoms with Gasteiger partial charge in [0.05, 0.1) is 11.4 Å². The van der Waals surface area contributed by atoms with Crippen molar-refractivity contribution in [2.75, 3.05) is 23.4 Å². The number of amides is 2. The first-order valence-electron chi connectivity index (χ1n) is 9.70. The Morgan fingerprint density at radius 1 is 1.21 bits per heavy atom. The summed E-state index contributed by atoms with van der Waals surface area (Å²) in [6.07, 6.45) is 0.592. The first kappa shape index (κ1) is 18.3. The maximum Gasteiger partial charge on any atom is 0.258 e. The van der Waals surface area contributed by atoms with Crippen molar-refractivity contribution in [2.45, 2.75) is 38.3 Å². The number of anilines is 2. The Hall–Kier alpha value is -3.02. The van der Waals surface area contributed by atoms with Gasteiger partial charge in [0.2, 0.25) is 5.91 Å². The molecule has 6 heteroatoms. The fourth-order valence-electron chi connectivity index (χ4n) is 3.87. The summed E-state index contributed by atoms with van der Waals surface area (Å²) in [7, 11) is 0. The zero-order valence-corrected chi connectivity index (χ0v) is 16.1. The van der Waals surface area contributed by atoms with Crippen LogP contribution in [0.3, 0.4) is 0 Å². The summed E-state index contributed by atoms with van der Waals surface area (Å²) in [4.78, 5) is 26.8. The lowest BCUT2D eigenvalue weighted by Gasteiger charge is -2.32. The van der Waals surface area contributed by atoms with Crippen LogP contribution in [0.5, 0.6) is 5.75 Å². The van der Waals surface area contributed by atoms with Crippen LogP contribution in [-0.2, 0) is 9.59 Å². The van der Waals surface area contributed by atoms with Crippen LogP contribution in [0, 0.1) is 0 Å². The molecule has 0 aliphatic carbocycles. The Bertz CT molecular complexity index is 879. The van der Waals surface area contributed by atoms with Gasteiger partial charge in [0.15, 0.2) is 6.61 Å². The maximum atomic E-state index is 12.4. The smallest absolute Gasteiger partial charge is 0.258 e. The minimum Gasteiger partial charge on any atom is -0.484 e. The summed E-state index contributed by atoms with van der Waals surface area (Å²) in [6, 6.07) is 15.2. The van der Waals surface area contributed by atoms with Crippen LogP contribution in [0.2, 0.25) is 0 Å².